The second-order valence-corrected chi connectivity index (χ2v) is 8.08. The Morgan fingerprint density at radius 1 is 1.00 bits per heavy atom. The summed E-state index contributed by atoms with van der Waals surface area (Å²) in [7, 11) is 0. The number of carbonyl (C=O) groups is 1. The molecule has 0 spiro atoms. The number of carbonyl (C=O) groups excluding carboxylic acids is 1. The molecule has 0 radical (unpaired) electrons. The average Bonchev–Trinajstić information content (AvgIpc) is 2.43. The smallest absolute Gasteiger partial charge is 0.223 e. The first-order valence-corrected chi connectivity index (χ1v) is 9.12. The molecule has 3 fully saturated rings. The molecule has 21 heavy (non-hydrogen) atoms. The first-order chi connectivity index (χ1) is 10.1. The highest BCUT2D eigenvalue weighted by molar-refractivity contribution is 5.79. The maximum absolute atomic E-state index is 12.7. The summed E-state index contributed by atoms with van der Waals surface area (Å²) in [6, 6.07) is 0.758. The molecule has 0 aromatic heterocycles. The van der Waals surface area contributed by atoms with Gasteiger partial charge in [-0.3, -0.25) is 4.79 Å². The molecule has 3 saturated carbocycles. The lowest BCUT2D eigenvalue weighted by Crippen LogP contribution is -2.51. The molecule has 3 N–H and O–H groups in total. The van der Waals surface area contributed by atoms with Gasteiger partial charge in [-0.05, 0) is 55.8 Å². The van der Waals surface area contributed by atoms with E-state index in [2.05, 4.69) is 19.2 Å². The second-order valence-electron chi connectivity index (χ2n) is 8.08. The van der Waals surface area contributed by atoms with Gasteiger partial charge in [0.25, 0.3) is 0 Å². The fraction of sp³-hybridized carbons (Fsp3) is 0.944. The number of nitrogens with one attached hydrogen (secondary N) is 1. The van der Waals surface area contributed by atoms with Gasteiger partial charge in [-0.25, -0.2) is 0 Å². The monoisotopic (exact) mass is 292 g/mol. The molecule has 0 saturated heterocycles. The molecule has 3 rings (SSSR count). The Balaban J connectivity index is 1.58. The summed E-state index contributed by atoms with van der Waals surface area (Å²) in [5, 5.41) is 3.39. The Hall–Kier alpha value is -0.570. The topological polar surface area (TPSA) is 55.1 Å². The van der Waals surface area contributed by atoms with E-state index in [0.717, 1.165) is 25.2 Å². The molecule has 3 heteroatoms. The van der Waals surface area contributed by atoms with Crippen LogP contribution in [0.3, 0.4) is 0 Å². The van der Waals surface area contributed by atoms with E-state index in [1.807, 2.05) is 0 Å². The van der Waals surface area contributed by atoms with Crippen molar-refractivity contribution in [3.05, 3.63) is 0 Å². The van der Waals surface area contributed by atoms with E-state index in [1.54, 1.807) is 0 Å². The number of nitrogens with two attached hydrogens (primary N) is 1. The van der Waals surface area contributed by atoms with Crippen LogP contribution in [0.4, 0.5) is 0 Å². The fourth-order valence-electron chi connectivity index (χ4n) is 5.09. The molecule has 3 aliphatic carbocycles. The molecule has 0 aliphatic heterocycles. The van der Waals surface area contributed by atoms with Crippen molar-refractivity contribution in [1.82, 2.24) is 5.32 Å². The SMILES string of the molecule is CC1CCCC(NC(=O)C2CC3CCCC(C2)C3N)C1C. The van der Waals surface area contributed by atoms with E-state index in [0.29, 0.717) is 35.7 Å². The number of rotatable bonds is 2. The summed E-state index contributed by atoms with van der Waals surface area (Å²) in [6.07, 6.45) is 9.58. The first kappa shape index (κ1) is 15.3. The number of hydrogen-bond acceptors (Lipinski definition) is 2. The quantitative estimate of drug-likeness (QED) is 0.822. The third-order valence-corrected chi connectivity index (χ3v) is 6.82. The van der Waals surface area contributed by atoms with E-state index >= 15 is 0 Å². The molecule has 3 aliphatic rings. The Labute approximate surface area is 129 Å². The summed E-state index contributed by atoms with van der Waals surface area (Å²) in [4.78, 5) is 12.7. The predicted octanol–water partition coefficient (Wildman–Crippen LogP) is 3.08. The largest absolute Gasteiger partial charge is 0.353 e. The van der Waals surface area contributed by atoms with Crippen LogP contribution in [0.2, 0.25) is 0 Å². The van der Waals surface area contributed by atoms with Gasteiger partial charge in [0.1, 0.15) is 0 Å². The molecule has 0 heterocycles. The van der Waals surface area contributed by atoms with Crippen molar-refractivity contribution < 1.29 is 4.79 Å². The standard InChI is InChI=1S/C18H32N2O/c1-11-5-3-8-16(12(11)2)20-18(21)15-9-13-6-4-7-14(10-15)17(13)19/h11-17H,3-10,19H2,1-2H3,(H,20,21). The minimum absolute atomic E-state index is 0.226. The van der Waals surface area contributed by atoms with Crippen LogP contribution in [-0.2, 0) is 4.79 Å². The Morgan fingerprint density at radius 2 is 1.62 bits per heavy atom. The minimum atomic E-state index is 0.226. The molecule has 120 valence electrons. The summed E-state index contributed by atoms with van der Waals surface area (Å²) < 4.78 is 0. The highest BCUT2D eigenvalue weighted by Gasteiger charge is 2.41. The second kappa shape index (κ2) is 6.28. The van der Waals surface area contributed by atoms with Crippen molar-refractivity contribution in [3.63, 3.8) is 0 Å². The summed E-state index contributed by atoms with van der Waals surface area (Å²) in [6.45, 7) is 4.63. The van der Waals surface area contributed by atoms with Crippen LogP contribution in [0.15, 0.2) is 0 Å². The lowest BCUT2D eigenvalue weighted by atomic mass is 9.65. The van der Waals surface area contributed by atoms with Gasteiger partial charge in [-0.2, -0.15) is 0 Å². The van der Waals surface area contributed by atoms with Gasteiger partial charge in [-0.1, -0.05) is 33.1 Å². The Kier molecular flexibility index (Phi) is 4.58. The number of fused-ring (bicyclic) bond motifs is 2. The van der Waals surface area contributed by atoms with Crippen LogP contribution in [-0.4, -0.2) is 18.0 Å². The Morgan fingerprint density at radius 3 is 2.29 bits per heavy atom. The maximum Gasteiger partial charge on any atom is 0.223 e. The zero-order valence-corrected chi connectivity index (χ0v) is 13.7. The molecule has 0 aromatic rings. The van der Waals surface area contributed by atoms with Gasteiger partial charge < -0.3 is 11.1 Å². The van der Waals surface area contributed by atoms with Crippen LogP contribution >= 0.6 is 0 Å². The fourth-order valence-corrected chi connectivity index (χ4v) is 5.09. The van der Waals surface area contributed by atoms with Gasteiger partial charge in [0.05, 0.1) is 0 Å². The lowest BCUT2D eigenvalue weighted by molar-refractivity contribution is -0.129. The summed E-state index contributed by atoms with van der Waals surface area (Å²) in [5.74, 6) is 3.09. The molecular weight excluding hydrogens is 260 g/mol. The molecular formula is C18H32N2O. The van der Waals surface area contributed by atoms with Crippen molar-refractivity contribution >= 4 is 5.91 Å². The number of hydrogen-bond donors (Lipinski definition) is 2. The van der Waals surface area contributed by atoms with E-state index < -0.39 is 0 Å². The van der Waals surface area contributed by atoms with Gasteiger partial charge in [-0.15, -0.1) is 0 Å². The highest BCUT2D eigenvalue weighted by atomic mass is 16.1. The first-order valence-electron chi connectivity index (χ1n) is 9.12. The highest BCUT2D eigenvalue weighted by Crippen LogP contribution is 2.42. The third kappa shape index (κ3) is 3.13. The molecule has 3 nitrogen and oxygen atoms in total. The molecule has 2 bridgehead atoms. The van der Waals surface area contributed by atoms with Crippen molar-refractivity contribution in [2.24, 2.45) is 35.3 Å². The molecule has 0 aromatic carbocycles. The van der Waals surface area contributed by atoms with E-state index in [4.69, 9.17) is 5.73 Å². The van der Waals surface area contributed by atoms with Gasteiger partial charge >= 0.3 is 0 Å². The minimum Gasteiger partial charge on any atom is -0.353 e. The van der Waals surface area contributed by atoms with Crippen LogP contribution in [0, 0.1) is 29.6 Å². The van der Waals surface area contributed by atoms with Crippen LogP contribution in [0.25, 0.3) is 0 Å². The summed E-state index contributed by atoms with van der Waals surface area (Å²) in [5.41, 5.74) is 6.34. The van der Waals surface area contributed by atoms with Gasteiger partial charge in [0.15, 0.2) is 0 Å². The van der Waals surface area contributed by atoms with Crippen molar-refractivity contribution in [1.29, 1.82) is 0 Å². The predicted molar refractivity (Wildman–Crippen MR) is 85.6 cm³/mol. The van der Waals surface area contributed by atoms with E-state index in [-0.39, 0.29) is 5.92 Å². The van der Waals surface area contributed by atoms with Crippen LogP contribution in [0.5, 0.6) is 0 Å². The Bertz CT molecular complexity index is 369. The van der Waals surface area contributed by atoms with Crippen molar-refractivity contribution in [2.75, 3.05) is 0 Å². The zero-order valence-electron chi connectivity index (χ0n) is 13.7. The van der Waals surface area contributed by atoms with E-state index in [9.17, 15) is 4.79 Å². The third-order valence-electron chi connectivity index (χ3n) is 6.82. The van der Waals surface area contributed by atoms with E-state index in [1.165, 1.54) is 32.1 Å². The van der Waals surface area contributed by atoms with Crippen LogP contribution in [0.1, 0.15) is 65.2 Å². The van der Waals surface area contributed by atoms with Crippen molar-refractivity contribution in [3.8, 4) is 0 Å². The zero-order chi connectivity index (χ0) is 15.0. The van der Waals surface area contributed by atoms with Gasteiger partial charge in [0.2, 0.25) is 5.91 Å². The number of amides is 1. The molecule has 5 unspecified atom stereocenters. The normalized spacial score (nSPS) is 46.9. The average molecular weight is 292 g/mol. The van der Waals surface area contributed by atoms with Crippen LogP contribution < -0.4 is 11.1 Å². The lowest BCUT2D eigenvalue weighted by Gasteiger charge is -2.44. The van der Waals surface area contributed by atoms with Crippen molar-refractivity contribution in [2.45, 2.75) is 77.3 Å². The maximum atomic E-state index is 12.7. The molecule has 1 amide bonds. The summed E-state index contributed by atoms with van der Waals surface area (Å²) >= 11 is 0. The molecule has 5 atom stereocenters. The van der Waals surface area contributed by atoms with Gasteiger partial charge in [0, 0.05) is 18.0 Å².